The highest BCUT2D eigenvalue weighted by Crippen LogP contribution is 2.24. The molecule has 182 valence electrons. The number of fused-ring (bicyclic) bond motifs is 1. The second-order valence-electron chi connectivity index (χ2n) is 8.88. The molecule has 1 heterocycles. The summed E-state index contributed by atoms with van der Waals surface area (Å²) in [7, 11) is 0. The molecule has 0 saturated heterocycles. The molecule has 5 nitrogen and oxygen atoms in total. The van der Waals surface area contributed by atoms with Gasteiger partial charge < -0.3 is 5.32 Å². The topological polar surface area (TPSA) is 74.8 Å². The van der Waals surface area contributed by atoms with Gasteiger partial charge in [0.05, 0.1) is 17.1 Å². The Morgan fingerprint density at radius 2 is 1.57 bits per heavy atom. The van der Waals surface area contributed by atoms with Crippen LogP contribution in [-0.4, -0.2) is 21.9 Å². The van der Waals surface area contributed by atoms with E-state index in [0.717, 1.165) is 27.7 Å². The lowest BCUT2D eigenvalue weighted by Gasteiger charge is -2.16. The summed E-state index contributed by atoms with van der Waals surface area (Å²) in [6.07, 6.45) is 4.65. The van der Waals surface area contributed by atoms with Crippen LogP contribution in [-0.2, 0) is 4.79 Å². The van der Waals surface area contributed by atoms with Crippen molar-refractivity contribution in [3.05, 3.63) is 131 Å². The molecular formula is C32H27N3O2. The monoisotopic (exact) mass is 485 g/mol. The molecule has 0 fully saturated rings. The molecule has 0 aliphatic carbocycles. The van der Waals surface area contributed by atoms with E-state index in [0.29, 0.717) is 23.2 Å². The van der Waals surface area contributed by atoms with Crippen LogP contribution in [0.15, 0.2) is 103 Å². The van der Waals surface area contributed by atoms with Crippen molar-refractivity contribution >= 4 is 40.4 Å². The van der Waals surface area contributed by atoms with E-state index >= 15 is 0 Å². The van der Waals surface area contributed by atoms with Crippen LogP contribution in [0.25, 0.3) is 23.1 Å². The first-order chi connectivity index (χ1) is 18.1. The second kappa shape index (κ2) is 10.9. The molecular weight excluding hydrogens is 458 g/mol. The quantitative estimate of drug-likeness (QED) is 0.230. The third-order valence-corrected chi connectivity index (χ3v) is 6.41. The minimum Gasteiger partial charge on any atom is -0.326 e. The maximum absolute atomic E-state index is 13.3. The second-order valence-corrected chi connectivity index (χ2v) is 8.88. The molecule has 0 aliphatic heterocycles. The molecule has 0 bridgehead atoms. The van der Waals surface area contributed by atoms with Crippen LogP contribution in [0, 0.1) is 0 Å². The zero-order valence-electron chi connectivity index (χ0n) is 20.5. The van der Waals surface area contributed by atoms with E-state index in [9.17, 15) is 9.59 Å². The highest BCUT2D eigenvalue weighted by atomic mass is 16.2. The van der Waals surface area contributed by atoms with E-state index in [-0.39, 0.29) is 17.6 Å². The van der Waals surface area contributed by atoms with E-state index < -0.39 is 0 Å². The zero-order valence-corrected chi connectivity index (χ0v) is 20.5. The van der Waals surface area contributed by atoms with Crippen LogP contribution in [0.2, 0.25) is 0 Å². The first-order valence-corrected chi connectivity index (χ1v) is 12.3. The Hall–Kier alpha value is -4.77. The number of H-pyrrole nitrogens is 1. The number of aromatic nitrogens is 2. The van der Waals surface area contributed by atoms with E-state index in [2.05, 4.69) is 15.5 Å². The average Bonchev–Trinajstić information content (AvgIpc) is 3.35. The lowest BCUT2D eigenvalue weighted by Crippen LogP contribution is -2.20. The number of nitrogens with zero attached hydrogens (tertiary/aromatic N) is 1. The van der Waals surface area contributed by atoms with E-state index in [1.807, 2.05) is 97.9 Å². The van der Waals surface area contributed by atoms with Gasteiger partial charge in [-0.2, -0.15) is 5.10 Å². The van der Waals surface area contributed by atoms with Crippen LogP contribution >= 0.6 is 0 Å². The predicted octanol–water partition coefficient (Wildman–Crippen LogP) is 7.10. The van der Waals surface area contributed by atoms with E-state index in [4.69, 9.17) is 0 Å². The van der Waals surface area contributed by atoms with Crippen LogP contribution in [0.4, 0.5) is 5.69 Å². The normalized spacial score (nSPS) is 12.0. The fraction of sp³-hybridized carbons (Fsp3) is 0.0938. The number of anilines is 1. The Labute approximate surface area is 215 Å². The van der Waals surface area contributed by atoms with Gasteiger partial charge in [-0.25, -0.2) is 0 Å². The van der Waals surface area contributed by atoms with Crippen molar-refractivity contribution in [2.75, 3.05) is 5.32 Å². The number of rotatable bonds is 8. The molecule has 0 aliphatic rings. The summed E-state index contributed by atoms with van der Waals surface area (Å²) in [5, 5.41) is 11.4. The van der Waals surface area contributed by atoms with Crippen LogP contribution in [0.3, 0.4) is 0 Å². The SMILES string of the molecule is CCC(C(=O)Nc1cccc(C(=O)c2ccc3c(/C=C/c4ccccc4)n[nH]c3c2)c1)c1ccccc1. The number of aromatic amines is 1. The van der Waals surface area contributed by atoms with Crippen LogP contribution in [0.5, 0.6) is 0 Å². The summed E-state index contributed by atoms with van der Waals surface area (Å²) >= 11 is 0. The first-order valence-electron chi connectivity index (χ1n) is 12.3. The molecule has 37 heavy (non-hydrogen) atoms. The summed E-state index contributed by atoms with van der Waals surface area (Å²) in [5.74, 6) is -0.467. The maximum atomic E-state index is 13.3. The number of carbonyl (C=O) groups is 2. The van der Waals surface area contributed by atoms with Crippen molar-refractivity contribution in [2.45, 2.75) is 19.3 Å². The minimum absolute atomic E-state index is 0.0896. The lowest BCUT2D eigenvalue weighted by molar-refractivity contribution is -0.117. The van der Waals surface area contributed by atoms with Gasteiger partial charge in [0.2, 0.25) is 5.91 Å². The summed E-state index contributed by atoms with van der Waals surface area (Å²) < 4.78 is 0. The van der Waals surface area contributed by atoms with Crippen molar-refractivity contribution in [1.29, 1.82) is 0 Å². The number of benzene rings is 4. The number of nitrogens with one attached hydrogen (secondary N) is 2. The third-order valence-electron chi connectivity index (χ3n) is 6.41. The van der Waals surface area contributed by atoms with Crippen molar-refractivity contribution in [3.8, 4) is 0 Å². The Bertz CT molecular complexity index is 1570. The number of hydrogen-bond donors (Lipinski definition) is 2. The Kier molecular flexibility index (Phi) is 7.04. The lowest BCUT2D eigenvalue weighted by atomic mass is 9.95. The van der Waals surface area contributed by atoms with Gasteiger partial charge in [0.15, 0.2) is 5.78 Å². The zero-order chi connectivity index (χ0) is 25.6. The molecule has 1 aromatic heterocycles. The van der Waals surface area contributed by atoms with Gasteiger partial charge in [-0.05, 0) is 47.9 Å². The van der Waals surface area contributed by atoms with Gasteiger partial charge in [0, 0.05) is 22.2 Å². The number of ketones is 1. The summed E-state index contributed by atoms with van der Waals surface area (Å²) in [6.45, 7) is 1.99. The number of carbonyl (C=O) groups excluding carboxylic acids is 2. The van der Waals surface area contributed by atoms with Gasteiger partial charge in [0.25, 0.3) is 0 Å². The minimum atomic E-state index is -0.256. The largest absolute Gasteiger partial charge is 0.326 e. The summed E-state index contributed by atoms with van der Waals surface area (Å²) in [4.78, 5) is 26.3. The standard InChI is InChI=1S/C32H27N3O2/c1-2-27(23-12-7-4-8-13-23)32(37)33-26-15-9-14-24(20-26)31(36)25-17-18-28-29(34-35-30(28)21-25)19-16-22-10-5-3-6-11-22/h3-21,27H,2H2,1H3,(H,33,37)(H,34,35)/b19-16+. The molecule has 4 aromatic carbocycles. The first kappa shape index (κ1) is 23.9. The maximum Gasteiger partial charge on any atom is 0.231 e. The number of hydrogen-bond acceptors (Lipinski definition) is 3. The van der Waals surface area contributed by atoms with Gasteiger partial charge in [-0.15, -0.1) is 0 Å². The van der Waals surface area contributed by atoms with E-state index in [1.165, 1.54) is 0 Å². The molecule has 5 rings (SSSR count). The Morgan fingerprint density at radius 3 is 2.32 bits per heavy atom. The van der Waals surface area contributed by atoms with Crippen molar-refractivity contribution in [3.63, 3.8) is 0 Å². The van der Waals surface area contributed by atoms with Crippen molar-refractivity contribution in [1.82, 2.24) is 10.2 Å². The highest BCUT2D eigenvalue weighted by Gasteiger charge is 2.19. The average molecular weight is 486 g/mol. The van der Waals surface area contributed by atoms with Gasteiger partial charge in [0.1, 0.15) is 0 Å². The summed E-state index contributed by atoms with van der Waals surface area (Å²) in [6, 6.07) is 32.4. The fourth-order valence-electron chi connectivity index (χ4n) is 4.44. The third kappa shape index (κ3) is 5.41. The highest BCUT2D eigenvalue weighted by molar-refractivity contribution is 6.11. The van der Waals surface area contributed by atoms with Gasteiger partial charge >= 0.3 is 0 Å². The molecule has 1 amide bonds. The molecule has 1 unspecified atom stereocenters. The molecule has 0 radical (unpaired) electrons. The van der Waals surface area contributed by atoms with E-state index in [1.54, 1.807) is 24.3 Å². The fourth-order valence-corrected chi connectivity index (χ4v) is 4.44. The van der Waals surface area contributed by atoms with Gasteiger partial charge in [-0.1, -0.05) is 91.9 Å². The number of amides is 1. The molecule has 5 heteroatoms. The Balaban J connectivity index is 1.33. The van der Waals surface area contributed by atoms with Crippen LogP contribution in [0.1, 0.15) is 52.0 Å². The molecule has 1 atom stereocenters. The molecule has 5 aromatic rings. The van der Waals surface area contributed by atoms with Crippen molar-refractivity contribution < 1.29 is 9.59 Å². The smallest absolute Gasteiger partial charge is 0.231 e. The summed E-state index contributed by atoms with van der Waals surface area (Å²) in [5.41, 5.74) is 5.32. The van der Waals surface area contributed by atoms with Crippen LogP contribution < -0.4 is 5.32 Å². The molecule has 2 N–H and O–H groups in total. The predicted molar refractivity (Wildman–Crippen MR) is 149 cm³/mol. The van der Waals surface area contributed by atoms with Gasteiger partial charge in [-0.3, -0.25) is 14.7 Å². The molecule has 0 saturated carbocycles. The van der Waals surface area contributed by atoms with Crippen molar-refractivity contribution in [2.24, 2.45) is 0 Å². The Morgan fingerprint density at radius 1 is 0.838 bits per heavy atom. The molecule has 0 spiro atoms.